The fourth-order valence-electron chi connectivity index (χ4n) is 2.76. The summed E-state index contributed by atoms with van der Waals surface area (Å²) in [6.45, 7) is 0. The number of halogens is 2. The number of hydrogen-bond donors (Lipinski definition) is 1. The quantitative estimate of drug-likeness (QED) is 0.892. The predicted molar refractivity (Wildman–Crippen MR) is 82.5 cm³/mol. The molecule has 0 radical (unpaired) electrons. The van der Waals surface area contributed by atoms with Gasteiger partial charge in [0.25, 0.3) is 0 Å². The highest BCUT2D eigenvalue weighted by molar-refractivity contribution is 7.85. The van der Waals surface area contributed by atoms with Crippen molar-refractivity contribution in [1.29, 1.82) is 0 Å². The Labute approximate surface area is 127 Å². The molecule has 0 saturated heterocycles. The van der Waals surface area contributed by atoms with Gasteiger partial charge >= 0.3 is 0 Å². The molecule has 1 fully saturated rings. The van der Waals surface area contributed by atoms with Crippen LogP contribution in [0.3, 0.4) is 0 Å². The van der Waals surface area contributed by atoms with E-state index in [0.29, 0.717) is 27.8 Å². The second-order valence-electron chi connectivity index (χ2n) is 5.00. The first-order chi connectivity index (χ1) is 9.11. The molecule has 1 aliphatic carbocycles. The van der Waals surface area contributed by atoms with Crippen LogP contribution in [0, 0.1) is 5.92 Å². The summed E-state index contributed by atoms with van der Waals surface area (Å²) in [5, 5.41) is 4.34. The Balaban J connectivity index is 1.92. The predicted octanol–water partition coefficient (Wildman–Crippen LogP) is 3.88. The zero-order valence-corrected chi connectivity index (χ0v) is 13.3. The van der Waals surface area contributed by atoms with E-state index in [1.165, 1.54) is 19.3 Å². The lowest BCUT2D eigenvalue weighted by atomic mass is 10.0. The maximum absolute atomic E-state index is 12.2. The Morgan fingerprint density at radius 3 is 2.79 bits per heavy atom. The maximum Gasteiger partial charge on any atom is 0.0604 e. The van der Waals surface area contributed by atoms with Crippen molar-refractivity contribution in [2.45, 2.75) is 36.6 Å². The number of hydrogen-bond acceptors (Lipinski definition) is 2. The molecule has 1 aliphatic rings. The van der Waals surface area contributed by atoms with E-state index in [1.807, 2.05) is 7.05 Å². The van der Waals surface area contributed by atoms with E-state index >= 15 is 0 Å². The topological polar surface area (TPSA) is 29.1 Å². The van der Waals surface area contributed by atoms with Gasteiger partial charge in [-0.25, -0.2) is 0 Å². The summed E-state index contributed by atoms with van der Waals surface area (Å²) in [7, 11) is 1.03. The van der Waals surface area contributed by atoms with Gasteiger partial charge in [0.1, 0.15) is 0 Å². The van der Waals surface area contributed by atoms with Crippen LogP contribution in [0.2, 0.25) is 10.0 Å². The van der Waals surface area contributed by atoms with Crippen LogP contribution in [0.5, 0.6) is 0 Å². The second-order valence-corrected chi connectivity index (χ2v) is 7.39. The molecule has 0 aliphatic heterocycles. The summed E-state index contributed by atoms with van der Waals surface area (Å²) in [5.41, 5.74) is 0. The van der Waals surface area contributed by atoms with Gasteiger partial charge in [0.2, 0.25) is 0 Å². The lowest BCUT2D eigenvalue weighted by Gasteiger charge is -2.18. The molecule has 1 N–H and O–H groups in total. The highest BCUT2D eigenvalue weighted by Gasteiger charge is 2.25. The van der Waals surface area contributed by atoms with Crippen LogP contribution in [-0.4, -0.2) is 23.1 Å². The van der Waals surface area contributed by atoms with Crippen molar-refractivity contribution in [3.05, 3.63) is 28.2 Å². The fraction of sp³-hybridized carbons (Fsp3) is 0.571. The molecule has 0 bridgehead atoms. The lowest BCUT2D eigenvalue weighted by molar-refractivity contribution is 0.416. The Morgan fingerprint density at radius 1 is 1.32 bits per heavy atom. The smallest absolute Gasteiger partial charge is 0.0604 e. The van der Waals surface area contributed by atoms with Gasteiger partial charge in [0.15, 0.2) is 0 Å². The Kier molecular flexibility index (Phi) is 5.70. The first-order valence-corrected chi connectivity index (χ1v) is 8.70. The highest BCUT2D eigenvalue weighted by atomic mass is 35.5. The van der Waals surface area contributed by atoms with Crippen molar-refractivity contribution in [2.24, 2.45) is 5.92 Å². The van der Waals surface area contributed by atoms with Crippen molar-refractivity contribution in [3.8, 4) is 0 Å². The summed E-state index contributed by atoms with van der Waals surface area (Å²) in [4.78, 5) is 0.772. The van der Waals surface area contributed by atoms with Gasteiger partial charge in [-0.2, -0.15) is 0 Å². The van der Waals surface area contributed by atoms with Gasteiger partial charge in [-0.05, 0) is 50.4 Å². The minimum absolute atomic E-state index is 0.474. The molecule has 0 spiro atoms. The van der Waals surface area contributed by atoms with Crippen molar-refractivity contribution < 1.29 is 4.21 Å². The summed E-state index contributed by atoms with van der Waals surface area (Å²) in [5.74, 6) is 1.34. The van der Waals surface area contributed by atoms with E-state index in [1.54, 1.807) is 18.2 Å². The number of nitrogens with one attached hydrogen (secondary N) is 1. The zero-order valence-electron chi connectivity index (χ0n) is 11.0. The molecule has 1 saturated carbocycles. The van der Waals surface area contributed by atoms with E-state index in [9.17, 15) is 4.21 Å². The van der Waals surface area contributed by atoms with E-state index in [-0.39, 0.29) is 0 Å². The molecule has 0 aromatic heterocycles. The Morgan fingerprint density at radius 2 is 2.11 bits per heavy atom. The minimum atomic E-state index is -0.986. The van der Waals surface area contributed by atoms with Crippen LogP contribution in [0.15, 0.2) is 23.1 Å². The van der Waals surface area contributed by atoms with Crippen molar-refractivity contribution >= 4 is 34.0 Å². The molecule has 2 rings (SSSR count). The van der Waals surface area contributed by atoms with Gasteiger partial charge in [-0.15, -0.1) is 0 Å². The van der Waals surface area contributed by atoms with Crippen molar-refractivity contribution in [2.75, 3.05) is 12.8 Å². The van der Waals surface area contributed by atoms with Gasteiger partial charge in [-0.1, -0.05) is 29.6 Å². The van der Waals surface area contributed by atoms with Gasteiger partial charge in [-0.3, -0.25) is 4.21 Å². The summed E-state index contributed by atoms with van der Waals surface area (Å²) in [6.07, 6.45) is 4.75. The van der Waals surface area contributed by atoms with E-state index in [2.05, 4.69) is 5.32 Å². The molecule has 3 atom stereocenters. The van der Waals surface area contributed by atoms with Crippen molar-refractivity contribution in [3.63, 3.8) is 0 Å². The van der Waals surface area contributed by atoms with Gasteiger partial charge < -0.3 is 5.32 Å². The highest BCUT2D eigenvalue weighted by Crippen LogP contribution is 2.29. The van der Waals surface area contributed by atoms with Crippen LogP contribution in [0.1, 0.15) is 25.7 Å². The van der Waals surface area contributed by atoms with Crippen LogP contribution >= 0.6 is 23.2 Å². The molecule has 2 nitrogen and oxygen atoms in total. The maximum atomic E-state index is 12.2. The summed E-state index contributed by atoms with van der Waals surface area (Å²) >= 11 is 11.8. The molecule has 1 aromatic carbocycles. The third-order valence-electron chi connectivity index (χ3n) is 3.86. The number of benzene rings is 1. The molecule has 5 heteroatoms. The van der Waals surface area contributed by atoms with Crippen LogP contribution < -0.4 is 5.32 Å². The van der Waals surface area contributed by atoms with Crippen LogP contribution in [0.4, 0.5) is 0 Å². The average Bonchev–Trinajstić information content (AvgIpc) is 2.86. The normalized spacial score (nSPS) is 24.6. The summed E-state index contributed by atoms with van der Waals surface area (Å²) < 4.78 is 12.2. The van der Waals surface area contributed by atoms with Gasteiger partial charge in [0.05, 0.1) is 20.8 Å². The molecular formula is C14H19Cl2NOS. The molecule has 106 valence electrons. The first kappa shape index (κ1) is 15.3. The molecule has 1 aromatic rings. The van der Waals surface area contributed by atoms with E-state index in [4.69, 9.17) is 23.2 Å². The standard InChI is InChI=1S/C14H19Cl2NOS/c1-17-14-4-2-3-10(14)7-8-19(18)11-5-6-12(15)13(16)9-11/h5-6,9-10,14,17H,2-4,7-8H2,1H3. The molecule has 0 heterocycles. The largest absolute Gasteiger partial charge is 0.317 e. The van der Waals surface area contributed by atoms with Crippen LogP contribution in [0.25, 0.3) is 0 Å². The second kappa shape index (κ2) is 7.07. The lowest BCUT2D eigenvalue weighted by Crippen LogP contribution is -2.29. The van der Waals surface area contributed by atoms with E-state index in [0.717, 1.165) is 11.3 Å². The molecule has 0 amide bonds. The summed E-state index contributed by atoms with van der Waals surface area (Å²) in [6, 6.07) is 5.81. The van der Waals surface area contributed by atoms with Crippen LogP contribution in [-0.2, 0) is 10.8 Å². The van der Waals surface area contributed by atoms with Crippen molar-refractivity contribution in [1.82, 2.24) is 5.32 Å². The molecular weight excluding hydrogens is 301 g/mol. The number of rotatable bonds is 5. The monoisotopic (exact) mass is 319 g/mol. The molecule has 19 heavy (non-hydrogen) atoms. The Hall–Kier alpha value is -0.0900. The third kappa shape index (κ3) is 3.94. The van der Waals surface area contributed by atoms with Gasteiger partial charge in [0, 0.05) is 16.7 Å². The van der Waals surface area contributed by atoms with E-state index < -0.39 is 10.8 Å². The average molecular weight is 320 g/mol. The zero-order chi connectivity index (χ0) is 13.8. The fourth-order valence-corrected chi connectivity index (χ4v) is 4.34. The third-order valence-corrected chi connectivity index (χ3v) is 5.98. The SMILES string of the molecule is CNC1CCCC1CCS(=O)c1ccc(Cl)c(Cl)c1. The molecule has 3 unspecified atom stereocenters. The first-order valence-electron chi connectivity index (χ1n) is 6.62. The Bertz CT molecular complexity index is 467. The minimum Gasteiger partial charge on any atom is -0.317 e.